The number of hydrogen-bond donors (Lipinski definition) is 1. The minimum absolute atomic E-state index is 0.200. The second-order valence-electron chi connectivity index (χ2n) is 2.38. The Bertz CT molecular complexity index is 170. The maximum Gasteiger partial charge on any atom is 0.407 e. The fourth-order valence-corrected chi connectivity index (χ4v) is 1.21. The maximum atomic E-state index is 10.5. The lowest BCUT2D eigenvalue weighted by Crippen LogP contribution is -2.25. The molecule has 11 heavy (non-hydrogen) atoms. The van der Waals surface area contributed by atoms with E-state index in [0.29, 0.717) is 6.61 Å². The van der Waals surface area contributed by atoms with Gasteiger partial charge in [0.15, 0.2) is 0 Å². The fourth-order valence-electron chi connectivity index (χ4n) is 0.942. The van der Waals surface area contributed by atoms with E-state index in [-0.39, 0.29) is 12.1 Å². The van der Waals surface area contributed by atoms with Crippen molar-refractivity contribution in [2.24, 2.45) is 0 Å². The monoisotopic (exact) mass is 219 g/mol. The van der Waals surface area contributed by atoms with Crippen LogP contribution < -0.4 is 5.32 Å². The van der Waals surface area contributed by atoms with Crippen LogP contribution in [-0.4, -0.2) is 18.7 Å². The molecule has 0 radical (unpaired) electrons. The van der Waals surface area contributed by atoms with Crippen molar-refractivity contribution in [2.75, 3.05) is 6.61 Å². The molecule has 1 unspecified atom stereocenters. The number of allylic oxidation sites excluding steroid dienone is 1. The van der Waals surface area contributed by atoms with Crippen molar-refractivity contribution >= 4 is 22.0 Å². The molecule has 0 aromatic rings. The molecule has 1 aliphatic rings. The van der Waals surface area contributed by atoms with Gasteiger partial charge in [-0.05, 0) is 17.8 Å². The molecule has 1 fully saturated rings. The van der Waals surface area contributed by atoms with Crippen molar-refractivity contribution in [1.82, 2.24) is 5.32 Å². The van der Waals surface area contributed by atoms with Gasteiger partial charge in [0.25, 0.3) is 0 Å². The predicted molar refractivity (Wildman–Crippen MR) is 45.6 cm³/mol. The number of carbonyl (C=O) groups excluding carboxylic acids is 1. The molecule has 1 N–H and O–H groups in total. The summed E-state index contributed by atoms with van der Waals surface area (Å²) >= 11 is 3.17. The number of rotatable bonds is 3. The molecule has 1 amide bonds. The van der Waals surface area contributed by atoms with Crippen LogP contribution in [0.1, 0.15) is 12.8 Å². The summed E-state index contributed by atoms with van der Waals surface area (Å²) in [5.74, 6) is 0. The van der Waals surface area contributed by atoms with E-state index < -0.39 is 0 Å². The van der Waals surface area contributed by atoms with Crippen molar-refractivity contribution < 1.29 is 9.53 Å². The van der Waals surface area contributed by atoms with Crippen molar-refractivity contribution in [2.45, 2.75) is 18.9 Å². The summed E-state index contributed by atoms with van der Waals surface area (Å²) in [6.07, 6.45) is 3.61. The van der Waals surface area contributed by atoms with Crippen LogP contribution in [0.2, 0.25) is 0 Å². The van der Waals surface area contributed by atoms with E-state index >= 15 is 0 Å². The van der Waals surface area contributed by atoms with Crippen LogP contribution in [0.4, 0.5) is 4.79 Å². The minimum atomic E-state index is -0.294. The molecule has 1 heterocycles. The number of carbonyl (C=O) groups is 1. The Kier molecular flexibility index (Phi) is 3.42. The molecule has 3 nitrogen and oxygen atoms in total. The summed E-state index contributed by atoms with van der Waals surface area (Å²) in [5, 5.41) is 2.70. The van der Waals surface area contributed by atoms with E-state index in [4.69, 9.17) is 4.74 Å². The highest BCUT2D eigenvalue weighted by Crippen LogP contribution is 2.05. The average Bonchev–Trinajstić information content (AvgIpc) is 2.37. The second-order valence-corrected chi connectivity index (χ2v) is 2.91. The quantitative estimate of drug-likeness (QED) is 0.787. The van der Waals surface area contributed by atoms with Gasteiger partial charge >= 0.3 is 6.09 Å². The molecule has 0 aliphatic carbocycles. The first-order chi connectivity index (χ1) is 5.33. The predicted octanol–water partition coefficient (Wildman–Crippen LogP) is 1.78. The Morgan fingerprint density at radius 1 is 1.82 bits per heavy atom. The molecule has 0 spiro atoms. The van der Waals surface area contributed by atoms with E-state index in [2.05, 4.69) is 21.2 Å². The van der Waals surface area contributed by atoms with Gasteiger partial charge in [0, 0.05) is 0 Å². The van der Waals surface area contributed by atoms with Gasteiger partial charge in [0.05, 0.1) is 6.04 Å². The van der Waals surface area contributed by atoms with E-state index in [1.165, 1.54) is 0 Å². The first kappa shape index (κ1) is 8.59. The van der Waals surface area contributed by atoms with Gasteiger partial charge in [-0.25, -0.2) is 4.79 Å². The van der Waals surface area contributed by atoms with Gasteiger partial charge in [-0.3, -0.25) is 0 Å². The van der Waals surface area contributed by atoms with Crippen molar-refractivity contribution in [3.8, 4) is 0 Å². The summed E-state index contributed by atoms with van der Waals surface area (Å²) in [7, 11) is 0. The Morgan fingerprint density at radius 3 is 3.18 bits per heavy atom. The Morgan fingerprint density at radius 2 is 2.64 bits per heavy atom. The third-order valence-electron chi connectivity index (χ3n) is 1.51. The fraction of sp³-hybridized carbons (Fsp3) is 0.571. The Balaban J connectivity index is 2.13. The molecule has 1 atom stereocenters. The molecule has 1 rings (SSSR count). The lowest BCUT2D eigenvalue weighted by Gasteiger charge is -2.02. The number of cyclic esters (lactones) is 1. The normalized spacial score (nSPS) is 23.7. The molecule has 0 aromatic carbocycles. The van der Waals surface area contributed by atoms with Gasteiger partial charge < -0.3 is 10.1 Å². The molecule has 0 bridgehead atoms. The maximum absolute atomic E-state index is 10.5. The van der Waals surface area contributed by atoms with Gasteiger partial charge in [0.1, 0.15) is 6.61 Å². The van der Waals surface area contributed by atoms with Crippen LogP contribution in [0.25, 0.3) is 0 Å². The molecule has 62 valence electrons. The zero-order valence-electron chi connectivity index (χ0n) is 6.05. The van der Waals surface area contributed by atoms with Gasteiger partial charge in [0.2, 0.25) is 0 Å². The SMILES string of the molecule is O=C1NC(CC/C=C\Br)CO1. The van der Waals surface area contributed by atoms with Gasteiger partial charge in [-0.15, -0.1) is 0 Å². The summed E-state index contributed by atoms with van der Waals surface area (Å²) in [4.78, 5) is 12.3. The van der Waals surface area contributed by atoms with Crippen LogP contribution in [0.3, 0.4) is 0 Å². The zero-order valence-corrected chi connectivity index (χ0v) is 7.63. The molecule has 4 heteroatoms. The number of hydrogen-bond acceptors (Lipinski definition) is 2. The summed E-state index contributed by atoms with van der Waals surface area (Å²) in [6, 6.07) is 0.200. The highest BCUT2D eigenvalue weighted by Gasteiger charge is 2.20. The van der Waals surface area contributed by atoms with Crippen LogP contribution in [0, 0.1) is 0 Å². The minimum Gasteiger partial charge on any atom is -0.447 e. The van der Waals surface area contributed by atoms with Crippen LogP contribution >= 0.6 is 15.9 Å². The zero-order chi connectivity index (χ0) is 8.10. The number of nitrogens with one attached hydrogen (secondary N) is 1. The summed E-state index contributed by atoms with van der Waals surface area (Å²) in [6.45, 7) is 0.509. The topological polar surface area (TPSA) is 38.3 Å². The van der Waals surface area contributed by atoms with E-state index in [1.807, 2.05) is 11.1 Å². The second kappa shape index (κ2) is 4.38. The van der Waals surface area contributed by atoms with Crippen molar-refractivity contribution in [1.29, 1.82) is 0 Å². The number of halogens is 1. The number of ether oxygens (including phenoxy) is 1. The number of amides is 1. The van der Waals surface area contributed by atoms with Crippen LogP contribution in [0.15, 0.2) is 11.1 Å². The van der Waals surface area contributed by atoms with Crippen LogP contribution in [0.5, 0.6) is 0 Å². The van der Waals surface area contributed by atoms with Crippen molar-refractivity contribution in [3.05, 3.63) is 11.1 Å². The highest BCUT2D eigenvalue weighted by atomic mass is 79.9. The summed E-state index contributed by atoms with van der Waals surface area (Å²) in [5.41, 5.74) is 0. The molecule has 0 saturated carbocycles. The molecule has 1 saturated heterocycles. The van der Waals surface area contributed by atoms with Crippen LogP contribution in [-0.2, 0) is 4.74 Å². The summed E-state index contributed by atoms with van der Waals surface area (Å²) < 4.78 is 4.71. The van der Waals surface area contributed by atoms with E-state index in [0.717, 1.165) is 12.8 Å². The molecule has 0 aromatic heterocycles. The first-order valence-electron chi connectivity index (χ1n) is 3.51. The third-order valence-corrected chi connectivity index (χ3v) is 1.88. The molecular formula is C7H10BrNO2. The lowest BCUT2D eigenvalue weighted by molar-refractivity contribution is 0.176. The molecular weight excluding hydrogens is 210 g/mol. The smallest absolute Gasteiger partial charge is 0.407 e. The average molecular weight is 220 g/mol. The number of alkyl carbamates (subject to hydrolysis) is 1. The lowest BCUT2D eigenvalue weighted by atomic mass is 10.2. The third kappa shape index (κ3) is 2.93. The Hall–Kier alpha value is -0.510. The van der Waals surface area contributed by atoms with Gasteiger partial charge in [-0.1, -0.05) is 22.0 Å². The first-order valence-corrected chi connectivity index (χ1v) is 4.43. The Labute approximate surface area is 73.9 Å². The van der Waals surface area contributed by atoms with E-state index in [9.17, 15) is 4.79 Å². The van der Waals surface area contributed by atoms with Crippen molar-refractivity contribution in [3.63, 3.8) is 0 Å². The highest BCUT2D eigenvalue weighted by molar-refractivity contribution is 9.11. The van der Waals surface area contributed by atoms with E-state index in [1.54, 1.807) is 0 Å². The largest absolute Gasteiger partial charge is 0.447 e. The van der Waals surface area contributed by atoms with Gasteiger partial charge in [-0.2, -0.15) is 0 Å². The standard InChI is InChI=1S/C7H10BrNO2/c8-4-2-1-3-6-5-11-7(10)9-6/h2,4,6H,1,3,5H2,(H,9,10)/b4-2-. The molecule has 1 aliphatic heterocycles.